The van der Waals surface area contributed by atoms with Crippen LogP contribution in [0.4, 0.5) is 4.79 Å². The number of amides is 4. The predicted octanol–water partition coefficient (Wildman–Crippen LogP) is 1.58. The number of urea groups is 1. The Kier molecular flexibility index (Phi) is 5.52. The smallest absolute Gasteiger partial charge is 0.325 e. The van der Waals surface area contributed by atoms with Gasteiger partial charge in [0.1, 0.15) is 12.1 Å². The van der Waals surface area contributed by atoms with E-state index in [-0.39, 0.29) is 23.8 Å². The fraction of sp³-hybridized carbons (Fsp3) is 0.850. The number of likely N-dealkylation sites (tertiary alicyclic amines) is 1. The van der Waals surface area contributed by atoms with Crippen LogP contribution in [-0.2, 0) is 9.59 Å². The number of nitrogens with zero attached hydrogens (tertiary/aromatic N) is 2. The number of nitrogens with one attached hydrogen (secondary N) is 2. The molecule has 7 nitrogen and oxygen atoms in total. The van der Waals surface area contributed by atoms with Gasteiger partial charge in [0.05, 0.1) is 0 Å². The number of hydrogen-bond acceptors (Lipinski definition) is 4. The number of rotatable bonds is 4. The molecule has 3 rings (SSSR count). The third-order valence-corrected chi connectivity index (χ3v) is 6.73. The van der Waals surface area contributed by atoms with Crippen molar-refractivity contribution in [3.63, 3.8) is 0 Å². The molecule has 152 valence electrons. The maximum Gasteiger partial charge on any atom is 0.325 e. The second-order valence-electron chi connectivity index (χ2n) is 9.60. The molecule has 1 saturated carbocycles. The van der Waals surface area contributed by atoms with Crippen molar-refractivity contribution in [3.05, 3.63) is 0 Å². The van der Waals surface area contributed by atoms with Gasteiger partial charge in [-0.25, -0.2) is 4.79 Å². The molecule has 1 unspecified atom stereocenters. The molecule has 1 aliphatic carbocycles. The first-order valence-corrected chi connectivity index (χ1v) is 10.2. The monoisotopic (exact) mass is 378 g/mol. The molecule has 1 spiro atoms. The van der Waals surface area contributed by atoms with E-state index in [9.17, 15) is 14.4 Å². The Balaban J connectivity index is 1.59. The van der Waals surface area contributed by atoms with Gasteiger partial charge in [-0.1, -0.05) is 20.8 Å². The van der Waals surface area contributed by atoms with Gasteiger partial charge >= 0.3 is 6.03 Å². The van der Waals surface area contributed by atoms with E-state index < -0.39 is 11.6 Å². The summed E-state index contributed by atoms with van der Waals surface area (Å²) in [6.07, 6.45) is 4.14. The fourth-order valence-electron chi connectivity index (χ4n) is 4.89. The molecule has 2 heterocycles. The van der Waals surface area contributed by atoms with Crippen LogP contribution in [0.3, 0.4) is 0 Å². The highest BCUT2D eigenvalue weighted by Gasteiger charge is 2.53. The Morgan fingerprint density at radius 1 is 1.22 bits per heavy atom. The maximum atomic E-state index is 13.0. The average Bonchev–Trinajstić information content (AvgIpc) is 3.14. The molecular weight excluding hydrogens is 344 g/mol. The second-order valence-corrected chi connectivity index (χ2v) is 9.60. The Bertz CT molecular complexity index is 605. The zero-order valence-electron chi connectivity index (χ0n) is 17.1. The molecule has 0 bridgehead atoms. The summed E-state index contributed by atoms with van der Waals surface area (Å²) in [6.45, 7) is 8.83. The van der Waals surface area contributed by atoms with Gasteiger partial charge in [0.15, 0.2) is 0 Å². The van der Waals surface area contributed by atoms with Crippen molar-refractivity contribution < 1.29 is 14.4 Å². The van der Waals surface area contributed by atoms with E-state index in [1.807, 2.05) is 7.05 Å². The number of imide groups is 1. The van der Waals surface area contributed by atoms with E-state index in [1.165, 1.54) is 0 Å². The largest absolute Gasteiger partial charge is 0.341 e. The Labute approximate surface area is 162 Å². The lowest BCUT2D eigenvalue weighted by Gasteiger charge is -2.40. The van der Waals surface area contributed by atoms with E-state index >= 15 is 0 Å². The molecule has 0 aromatic heterocycles. The van der Waals surface area contributed by atoms with E-state index in [0.717, 1.165) is 30.7 Å². The van der Waals surface area contributed by atoms with Crippen molar-refractivity contribution in [1.82, 2.24) is 20.4 Å². The summed E-state index contributed by atoms with van der Waals surface area (Å²) in [4.78, 5) is 41.0. The molecule has 0 aromatic rings. The predicted molar refractivity (Wildman–Crippen MR) is 103 cm³/mol. The van der Waals surface area contributed by atoms with Gasteiger partial charge in [-0.2, -0.15) is 0 Å². The number of carbonyl (C=O) groups excluding carboxylic acids is 3. The molecule has 2 saturated heterocycles. The van der Waals surface area contributed by atoms with Crippen molar-refractivity contribution in [2.24, 2.45) is 17.3 Å². The first kappa shape index (κ1) is 20.1. The van der Waals surface area contributed by atoms with Crippen LogP contribution in [0.5, 0.6) is 0 Å². The van der Waals surface area contributed by atoms with Gasteiger partial charge in [0, 0.05) is 13.1 Å². The SMILES string of the molecule is CNCC1CCN(C(=O)CN2C(=O)NC3(CCC(C(C)(C)C)CC3)C2=O)C1. The molecule has 7 heteroatoms. The third kappa shape index (κ3) is 3.98. The van der Waals surface area contributed by atoms with E-state index in [1.54, 1.807) is 4.90 Å². The van der Waals surface area contributed by atoms with Crippen molar-refractivity contribution in [1.29, 1.82) is 0 Å². The van der Waals surface area contributed by atoms with Gasteiger partial charge in [-0.05, 0) is 62.9 Å². The lowest BCUT2D eigenvalue weighted by atomic mass is 9.67. The number of carbonyl (C=O) groups is 3. The summed E-state index contributed by atoms with van der Waals surface area (Å²) in [5, 5.41) is 6.07. The fourth-order valence-corrected chi connectivity index (χ4v) is 4.89. The molecule has 27 heavy (non-hydrogen) atoms. The topological polar surface area (TPSA) is 81.8 Å². The third-order valence-electron chi connectivity index (χ3n) is 6.73. The number of hydrogen-bond donors (Lipinski definition) is 2. The normalized spacial score (nSPS) is 31.7. The van der Waals surface area contributed by atoms with Gasteiger partial charge in [-0.3, -0.25) is 14.5 Å². The minimum absolute atomic E-state index is 0.127. The molecule has 2 N–H and O–H groups in total. The summed E-state index contributed by atoms with van der Waals surface area (Å²) in [5.74, 6) is 0.662. The lowest BCUT2D eigenvalue weighted by molar-refractivity contribution is -0.139. The van der Waals surface area contributed by atoms with Crippen LogP contribution in [0.2, 0.25) is 0 Å². The molecule has 3 fully saturated rings. The van der Waals surface area contributed by atoms with Gasteiger partial charge in [0.2, 0.25) is 5.91 Å². The zero-order chi connectivity index (χ0) is 19.8. The zero-order valence-corrected chi connectivity index (χ0v) is 17.1. The minimum Gasteiger partial charge on any atom is -0.341 e. The van der Waals surface area contributed by atoms with Gasteiger partial charge in [-0.15, -0.1) is 0 Å². The Hall–Kier alpha value is -1.63. The van der Waals surface area contributed by atoms with E-state index in [4.69, 9.17) is 0 Å². The summed E-state index contributed by atoms with van der Waals surface area (Å²) < 4.78 is 0. The van der Waals surface area contributed by atoms with Crippen LogP contribution < -0.4 is 10.6 Å². The van der Waals surface area contributed by atoms with Crippen LogP contribution in [0.1, 0.15) is 52.9 Å². The molecule has 2 aliphatic heterocycles. The van der Waals surface area contributed by atoms with Gasteiger partial charge < -0.3 is 15.5 Å². The molecule has 3 aliphatic rings. The summed E-state index contributed by atoms with van der Waals surface area (Å²) in [7, 11) is 1.91. The summed E-state index contributed by atoms with van der Waals surface area (Å²) in [5.41, 5.74) is -0.582. The van der Waals surface area contributed by atoms with E-state index in [0.29, 0.717) is 37.8 Å². The molecule has 0 radical (unpaired) electrons. The van der Waals surface area contributed by atoms with Crippen LogP contribution >= 0.6 is 0 Å². The van der Waals surface area contributed by atoms with Crippen molar-refractivity contribution in [2.75, 3.05) is 33.2 Å². The van der Waals surface area contributed by atoms with E-state index in [2.05, 4.69) is 31.4 Å². The molecule has 0 aromatic carbocycles. The van der Waals surface area contributed by atoms with Crippen molar-refractivity contribution >= 4 is 17.8 Å². The highest BCUT2D eigenvalue weighted by atomic mass is 16.2. The van der Waals surface area contributed by atoms with Crippen LogP contribution in [0, 0.1) is 17.3 Å². The quantitative estimate of drug-likeness (QED) is 0.728. The molecular formula is C20H34N4O3. The summed E-state index contributed by atoms with van der Waals surface area (Å²) >= 11 is 0. The Morgan fingerprint density at radius 2 is 1.89 bits per heavy atom. The second kappa shape index (κ2) is 7.41. The summed E-state index contributed by atoms with van der Waals surface area (Å²) in [6, 6.07) is -0.409. The Morgan fingerprint density at radius 3 is 2.48 bits per heavy atom. The van der Waals surface area contributed by atoms with Gasteiger partial charge in [0.25, 0.3) is 5.91 Å². The van der Waals surface area contributed by atoms with Crippen LogP contribution in [-0.4, -0.2) is 66.4 Å². The highest BCUT2D eigenvalue weighted by molar-refractivity contribution is 6.09. The first-order chi connectivity index (χ1) is 12.7. The highest BCUT2D eigenvalue weighted by Crippen LogP contribution is 2.43. The standard InChI is InChI=1S/C20H34N4O3/c1-19(2,3)15-5-8-20(9-6-15)17(26)24(18(27)22-20)13-16(25)23-10-7-14(12-23)11-21-4/h14-15,21H,5-13H2,1-4H3,(H,22,27). The lowest BCUT2D eigenvalue weighted by Crippen LogP contribution is -2.51. The van der Waals surface area contributed by atoms with Crippen LogP contribution in [0.15, 0.2) is 0 Å². The maximum absolute atomic E-state index is 13.0. The van der Waals surface area contributed by atoms with Crippen molar-refractivity contribution in [2.45, 2.75) is 58.4 Å². The molecule has 4 amide bonds. The average molecular weight is 379 g/mol. The molecule has 1 atom stereocenters. The first-order valence-electron chi connectivity index (χ1n) is 10.2. The minimum atomic E-state index is -0.793. The van der Waals surface area contributed by atoms with Crippen LogP contribution in [0.25, 0.3) is 0 Å². The van der Waals surface area contributed by atoms with Crippen molar-refractivity contribution in [3.8, 4) is 0 Å².